The Labute approximate surface area is 63.8 Å². The zero-order valence-corrected chi connectivity index (χ0v) is 6.20. The summed E-state index contributed by atoms with van der Waals surface area (Å²) >= 11 is 0. The second-order valence-electron chi connectivity index (χ2n) is 2.45. The van der Waals surface area contributed by atoms with E-state index in [0.29, 0.717) is 0 Å². The maximum Gasteiger partial charge on any atom is 0.532 e. The van der Waals surface area contributed by atoms with E-state index in [4.69, 9.17) is 15.9 Å². The Hall–Kier alpha value is -1.10. The van der Waals surface area contributed by atoms with Crippen LogP contribution in [0.5, 0.6) is 0 Å². The average molecular weight is 162 g/mol. The molecule has 0 aromatic carbocycles. The number of hydrogen-bond acceptors (Lipinski definition) is 3. The summed E-state index contributed by atoms with van der Waals surface area (Å²) in [5.41, 5.74) is 5.15. The number of carboxylic acid groups (broad SMARTS) is 1. The lowest BCUT2D eigenvalue weighted by atomic mass is 10.0. The second-order valence-corrected chi connectivity index (χ2v) is 2.45. The van der Waals surface area contributed by atoms with Gasteiger partial charge < -0.3 is 15.9 Å². The second kappa shape index (κ2) is 3.92. The number of rotatable bonds is 4. The standard InChI is InChI=1S/C6H11NO4/c1-3(5(8)9)2-4(7)6(10)11/h3-4H,2,7H2,1H3,(H,8,9)(H,10,11)/p+1/t3-,4+/m0/s1. The van der Waals surface area contributed by atoms with Crippen molar-refractivity contribution in [2.24, 2.45) is 11.7 Å². The minimum atomic E-state index is -0.998. The van der Waals surface area contributed by atoms with Crippen LogP contribution in [0.3, 0.4) is 0 Å². The van der Waals surface area contributed by atoms with Crippen LogP contribution < -0.4 is 5.73 Å². The Morgan fingerprint density at radius 3 is 2.36 bits per heavy atom. The summed E-state index contributed by atoms with van der Waals surface area (Å²) in [4.78, 5) is 20.5. The summed E-state index contributed by atoms with van der Waals surface area (Å²) in [5.74, 6) is -2.58. The number of hydrogen-bond donors (Lipinski definition) is 2. The molecule has 5 heteroatoms. The van der Waals surface area contributed by atoms with Crippen molar-refractivity contribution in [3.05, 3.63) is 0 Å². The first-order chi connectivity index (χ1) is 4.95. The average Bonchev–Trinajstić information content (AvgIpc) is 1.87. The molecule has 11 heavy (non-hydrogen) atoms. The van der Waals surface area contributed by atoms with Gasteiger partial charge in [-0.1, -0.05) is 6.92 Å². The quantitative estimate of drug-likeness (QED) is 0.500. The molecule has 0 heterocycles. The highest BCUT2D eigenvalue weighted by Crippen LogP contribution is 2.04. The van der Waals surface area contributed by atoms with E-state index in [1.165, 1.54) is 6.92 Å². The minimum Gasteiger partial charge on any atom is -0.564 e. The third kappa shape index (κ3) is 3.57. The van der Waals surface area contributed by atoms with Gasteiger partial charge in [0.25, 0.3) is 0 Å². The van der Waals surface area contributed by atoms with Crippen molar-refractivity contribution in [1.29, 1.82) is 0 Å². The van der Waals surface area contributed by atoms with Gasteiger partial charge in [-0.05, 0) is 6.42 Å². The molecular weight excluding hydrogens is 150 g/mol. The Morgan fingerprint density at radius 1 is 1.64 bits per heavy atom. The van der Waals surface area contributed by atoms with E-state index in [-0.39, 0.29) is 6.42 Å². The lowest BCUT2D eigenvalue weighted by Gasteiger charge is -2.05. The summed E-state index contributed by atoms with van der Waals surface area (Å²) < 4.78 is 0. The Kier molecular flexibility index (Phi) is 3.53. The van der Waals surface area contributed by atoms with Gasteiger partial charge in [0.05, 0.1) is 5.92 Å². The molecule has 64 valence electrons. The van der Waals surface area contributed by atoms with Crippen molar-refractivity contribution in [2.75, 3.05) is 0 Å². The lowest BCUT2D eigenvalue weighted by Crippen LogP contribution is -2.33. The lowest BCUT2D eigenvalue weighted by molar-refractivity contribution is -0.143. The summed E-state index contributed by atoms with van der Waals surface area (Å²) in [6, 6.07) is -0.971. The molecule has 0 aliphatic heterocycles. The molecule has 0 amide bonds. The van der Waals surface area contributed by atoms with Crippen LogP contribution in [-0.2, 0) is 9.59 Å². The first-order valence-electron chi connectivity index (χ1n) is 3.19. The van der Waals surface area contributed by atoms with Crippen molar-refractivity contribution in [2.45, 2.75) is 19.4 Å². The molecule has 5 N–H and O–H groups in total. The molecule has 5 nitrogen and oxygen atoms in total. The fourth-order valence-corrected chi connectivity index (χ4v) is 0.589. The van der Waals surface area contributed by atoms with Crippen molar-refractivity contribution < 1.29 is 19.8 Å². The monoisotopic (exact) mass is 162 g/mol. The SMILES string of the molecule is C[C@@H](C[C@@H](N)C(=O)[OH2+])C(=O)O. The minimum absolute atomic E-state index is 0.0255. The molecule has 0 rings (SSSR count). The van der Waals surface area contributed by atoms with E-state index in [1.807, 2.05) is 0 Å². The van der Waals surface area contributed by atoms with Crippen LogP contribution in [0.1, 0.15) is 13.3 Å². The zero-order valence-electron chi connectivity index (χ0n) is 6.20. The number of carbonyl (C=O) groups is 2. The maximum atomic E-state index is 10.3. The van der Waals surface area contributed by atoms with Crippen molar-refractivity contribution in [3.8, 4) is 0 Å². The van der Waals surface area contributed by atoms with Gasteiger partial charge in [0, 0.05) is 4.79 Å². The highest BCUT2D eigenvalue weighted by atomic mass is 16.4. The van der Waals surface area contributed by atoms with E-state index < -0.39 is 23.9 Å². The summed E-state index contributed by atoms with van der Waals surface area (Å²) in [6.45, 7) is 1.45. The van der Waals surface area contributed by atoms with Crippen molar-refractivity contribution in [1.82, 2.24) is 0 Å². The number of carbonyl (C=O) groups excluding carboxylic acids is 1. The first kappa shape index (κ1) is 9.90. The topological polar surface area (TPSA) is 103 Å². The molecule has 0 aromatic rings. The molecule has 0 saturated heterocycles. The molecule has 0 radical (unpaired) electrons. The fraction of sp³-hybridized carbons (Fsp3) is 0.667. The number of carboxylic acids is 1. The van der Waals surface area contributed by atoms with E-state index >= 15 is 0 Å². The van der Waals surface area contributed by atoms with Crippen LogP contribution >= 0.6 is 0 Å². The molecule has 0 aromatic heterocycles. The van der Waals surface area contributed by atoms with Gasteiger partial charge in [-0.25, -0.2) is 0 Å². The van der Waals surface area contributed by atoms with Crippen molar-refractivity contribution >= 4 is 11.9 Å². The van der Waals surface area contributed by atoms with E-state index in [0.717, 1.165) is 0 Å². The van der Waals surface area contributed by atoms with Crippen LogP contribution in [-0.4, -0.2) is 28.2 Å². The van der Waals surface area contributed by atoms with Gasteiger partial charge in [0.15, 0.2) is 6.04 Å². The number of nitrogens with two attached hydrogens (primary N) is 1. The smallest absolute Gasteiger partial charge is 0.532 e. The van der Waals surface area contributed by atoms with Crippen LogP contribution in [0.15, 0.2) is 0 Å². The summed E-state index contributed by atoms with van der Waals surface area (Å²) in [6.07, 6.45) is 0.0255. The summed E-state index contributed by atoms with van der Waals surface area (Å²) in [5, 5.41) is 14.9. The molecule has 0 bridgehead atoms. The fourth-order valence-electron chi connectivity index (χ4n) is 0.589. The van der Waals surface area contributed by atoms with Gasteiger partial charge in [0.2, 0.25) is 0 Å². The predicted octanol–water partition coefficient (Wildman–Crippen LogP) is -1.32. The highest BCUT2D eigenvalue weighted by molar-refractivity contribution is 5.75. The van der Waals surface area contributed by atoms with Crippen LogP contribution in [0.4, 0.5) is 0 Å². The normalized spacial score (nSPS) is 15.5. The largest absolute Gasteiger partial charge is 0.564 e. The van der Waals surface area contributed by atoms with E-state index in [9.17, 15) is 9.59 Å². The Bertz CT molecular complexity index is 150. The molecule has 0 aliphatic rings. The third-order valence-corrected chi connectivity index (χ3v) is 1.37. The Morgan fingerprint density at radius 2 is 2.09 bits per heavy atom. The molecule has 0 aliphatic carbocycles. The maximum absolute atomic E-state index is 10.3. The molecule has 0 fully saturated rings. The van der Waals surface area contributed by atoms with E-state index in [2.05, 4.69) is 0 Å². The zero-order chi connectivity index (χ0) is 9.02. The van der Waals surface area contributed by atoms with Gasteiger partial charge in [-0.15, -0.1) is 0 Å². The first-order valence-corrected chi connectivity index (χ1v) is 3.19. The van der Waals surface area contributed by atoms with Crippen LogP contribution in [0.2, 0.25) is 0 Å². The molecule has 0 saturated carbocycles. The third-order valence-electron chi connectivity index (χ3n) is 1.37. The molecular formula is C6H12NO4+. The predicted molar refractivity (Wildman–Crippen MR) is 38.0 cm³/mol. The highest BCUT2D eigenvalue weighted by Gasteiger charge is 2.24. The van der Waals surface area contributed by atoms with E-state index in [1.54, 1.807) is 0 Å². The molecule has 0 unspecified atom stereocenters. The summed E-state index contributed by atoms with van der Waals surface area (Å²) in [7, 11) is 0. The van der Waals surface area contributed by atoms with Gasteiger partial charge >= 0.3 is 11.9 Å². The molecule has 0 spiro atoms. The number of aliphatic carboxylic acids is 1. The Balaban J connectivity index is 3.84. The van der Waals surface area contributed by atoms with Crippen LogP contribution in [0.25, 0.3) is 0 Å². The van der Waals surface area contributed by atoms with Gasteiger partial charge in [-0.3, -0.25) is 4.79 Å². The molecule has 2 atom stereocenters. The van der Waals surface area contributed by atoms with Gasteiger partial charge in [0.1, 0.15) is 0 Å². The van der Waals surface area contributed by atoms with Crippen LogP contribution in [0, 0.1) is 5.92 Å². The van der Waals surface area contributed by atoms with Gasteiger partial charge in [-0.2, -0.15) is 0 Å². The van der Waals surface area contributed by atoms with Crippen molar-refractivity contribution in [3.63, 3.8) is 0 Å².